The lowest BCUT2D eigenvalue weighted by Crippen LogP contribution is -2.35. The topological polar surface area (TPSA) is 15.3 Å². The Kier molecular flexibility index (Phi) is 4.46. The highest BCUT2D eigenvalue weighted by molar-refractivity contribution is 4.88. The van der Waals surface area contributed by atoms with Crippen LogP contribution in [0.3, 0.4) is 0 Å². The van der Waals surface area contributed by atoms with Crippen molar-refractivity contribution in [3.8, 4) is 0 Å². The fourth-order valence-corrected chi connectivity index (χ4v) is 1.81. The van der Waals surface area contributed by atoms with Gasteiger partial charge in [0.05, 0.1) is 0 Å². The molecule has 1 heterocycles. The maximum Gasteiger partial charge on any atom is 0.0218 e. The first kappa shape index (κ1) is 10.7. The fourth-order valence-electron chi connectivity index (χ4n) is 1.81. The molecule has 1 atom stereocenters. The minimum absolute atomic E-state index is 0.769. The monoisotopic (exact) mass is 182 g/mol. The van der Waals surface area contributed by atoms with E-state index in [9.17, 15) is 0 Å². The molecular formula is C11H22N2. The predicted molar refractivity (Wildman–Crippen MR) is 58.0 cm³/mol. The van der Waals surface area contributed by atoms with Crippen LogP contribution >= 0.6 is 0 Å². The summed E-state index contributed by atoms with van der Waals surface area (Å²) in [5.41, 5.74) is 1.27. The summed E-state index contributed by atoms with van der Waals surface area (Å²) < 4.78 is 0. The highest BCUT2D eigenvalue weighted by Gasteiger charge is 2.19. The first-order valence-electron chi connectivity index (χ1n) is 5.25. The Morgan fingerprint density at radius 2 is 2.38 bits per heavy atom. The molecule has 2 heteroatoms. The van der Waals surface area contributed by atoms with Gasteiger partial charge in [-0.1, -0.05) is 5.57 Å². The van der Waals surface area contributed by atoms with Gasteiger partial charge in [0.1, 0.15) is 0 Å². The smallest absolute Gasteiger partial charge is 0.0218 e. The first-order valence-corrected chi connectivity index (χ1v) is 5.25. The molecule has 1 unspecified atom stereocenters. The van der Waals surface area contributed by atoms with Crippen LogP contribution < -0.4 is 5.32 Å². The van der Waals surface area contributed by atoms with Crippen molar-refractivity contribution in [1.82, 2.24) is 10.2 Å². The zero-order chi connectivity index (χ0) is 9.68. The number of nitrogens with zero attached hydrogens (tertiary/aromatic N) is 1. The Labute approximate surface area is 82.0 Å². The third kappa shape index (κ3) is 3.92. The van der Waals surface area contributed by atoms with E-state index in [4.69, 9.17) is 0 Å². The van der Waals surface area contributed by atoms with Crippen LogP contribution in [0.25, 0.3) is 0 Å². The Morgan fingerprint density at radius 3 is 2.92 bits per heavy atom. The molecule has 0 aliphatic carbocycles. The van der Waals surface area contributed by atoms with Gasteiger partial charge in [-0.05, 0) is 46.3 Å². The van der Waals surface area contributed by atoms with Gasteiger partial charge in [-0.2, -0.15) is 0 Å². The average Bonchev–Trinajstić information content (AvgIpc) is 2.45. The van der Waals surface area contributed by atoms with Gasteiger partial charge in [0.15, 0.2) is 0 Å². The number of nitrogens with one attached hydrogen (secondary N) is 1. The average molecular weight is 182 g/mol. The summed E-state index contributed by atoms with van der Waals surface area (Å²) in [6, 6.07) is 0.769. The molecule has 0 aromatic carbocycles. The molecule has 1 saturated heterocycles. The van der Waals surface area contributed by atoms with Crippen molar-refractivity contribution in [2.24, 2.45) is 0 Å². The molecule has 0 aromatic rings. The van der Waals surface area contributed by atoms with E-state index >= 15 is 0 Å². The van der Waals surface area contributed by atoms with Crippen LogP contribution in [0.4, 0.5) is 0 Å². The number of hydrogen-bond acceptors (Lipinski definition) is 2. The van der Waals surface area contributed by atoms with Gasteiger partial charge in [0.25, 0.3) is 0 Å². The molecule has 0 saturated carbocycles. The van der Waals surface area contributed by atoms with Gasteiger partial charge in [-0.25, -0.2) is 0 Å². The quantitative estimate of drug-likeness (QED) is 0.513. The van der Waals surface area contributed by atoms with E-state index in [0.717, 1.165) is 25.6 Å². The molecule has 2 nitrogen and oxygen atoms in total. The highest BCUT2D eigenvalue weighted by atomic mass is 15.2. The van der Waals surface area contributed by atoms with Crippen molar-refractivity contribution in [3.63, 3.8) is 0 Å². The zero-order valence-electron chi connectivity index (χ0n) is 8.97. The van der Waals surface area contributed by atoms with Crippen LogP contribution in [0.1, 0.15) is 26.2 Å². The zero-order valence-corrected chi connectivity index (χ0v) is 8.97. The van der Waals surface area contributed by atoms with E-state index in [-0.39, 0.29) is 0 Å². The summed E-state index contributed by atoms with van der Waals surface area (Å²) in [5.74, 6) is 0. The van der Waals surface area contributed by atoms with Crippen LogP contribution in [0.2, 0.25) is 0 Å². The lowest BCUT2D eigenvalue weighted by Gasteiger charge is -2.19. The van der Waals surface area contributed by atoms with Crippen molar-refractivity contribution in [3.05, 3.63) is 12.2 Å². The standard InChI is InChI=1S/C11H22N2/c1-10(2)6-7-12-9-11-5-4-8-13(11)3/h11-12H,1,4-9H2,2-3H3. The number of rotatable bonds is 5. The van der Waals surface area contributed by atoms with Crippen LogP contribution in [-0.4, -0.2) is 37.6 Å². The second-order valence-electron chi connectivity index (χ2n) is 4.19. The summed E-state index contributed by atoms with van der Waals surface area (Å²) >= 11 is 0. The van der Waals surface area contributed by atoms with Gasteiger partial charge in [-0.3, -0.25) is 0 Å². The Hall–Kier alpha value is -0.340. The van der Waals surface area contributed by atoms with Crippen LogP contribution in [0, 0.1) is 0 Å². The second kappa shape index (κ2) is 5.40. The van der Waals surface area contributed by atoms with Crippen molar-refractivity contribution < 1.29 is 0 Å². The summed E-state index contributed by atoms with van der Waals surface area (Å²) in [5, 5.41) is 3.49. The van der Waals surface area contributed by atoms with E-state index in [2.05, 4.69) is 30.8 Å². The molecular weight excluding hydrogens is 160 g/mol. The molecule has 1 rings (SSSR count). The molecule has 0 bridgehead atoms. The lowest BCUT2D eigenvalue weighted by atomic mass is 10.2. The first-order chi connectivity index (χ1) is 6.20. The molecule has 0 amide bonds. The number of hydrogen-bond donors (Lipinski definition) is 1. The molecule has 0 spiro atoms. The van der Waals surface area contributed by atoms with Gasteiger partial charge in [0.2, 0.25) is 0 Å². The third-order valence-corrected chi connectivity index (χ3v) is 2.78. The normalized spacial score (nSPS) is 23.7. The third-order valence-electron chi connectivity index (χ3n) is 2.78. The van der Waals surface area contributed by atoms with Gasteiger partial charge >= 0.3 is 0 Å². The summed E-state index contributed by atoms with van der Waals surface area (Å²) in [4.78, 5) is 2.45. The molecule has 1 aliphatic heterocycles. The van der Waals surface area contributed by atoms with Crippen molar-refractivity contribution in [2.45, 2.75) is 32.2 Å². The molecule has 13 heavy (non-hydrogen) atoms. The largest absolute Gasteiger partial charge is 0.315 e. The summed E-state index contributed by atoms with van der Waals surface area (Å²) in [6.45, 7) is 9.47. The van der Waals surface area contributed by atoms with Gasteiger partial charge in [0, 0.05) is 12.6 Å². The van der Waals surface area contributed by atoms with E-state index in [1.807, 2.05) is 0 Å². The van der Waals surface area contributed by atoms with E-state index in [1.54, 1.807) is 0 Å². The van der Waals surface area contributed by atoms with E-state index < -0.39 is 0 Å². The highest BCUT2D eigenvalue weighted by Crippen LogP contribution is 2.13. The Morgan fingerprint density at radius 1 is 1.62 bits per heavy atom. The van der Waals surface area contributed by atoms with Crippen LogP contribution in [-0.2, 0) is 0 Å². The summed E-state index contributed by atoms with van der Waals surface area (Å²) in [6.07, 6.45) is 3.83. The minimum Gasteiger partial charge on any atom is -0.315 e. The molecule has 1 aliphatic rings. The second-order valence-corrected chi connectivity index (χ2v) is 4.19. The van der Waals surface area contributed by atoms with Crippen molar-refractivity contribution in [2.75, 3.05) is 26.7 Å². The molecule has 1 fully saturated rings. The summed E-state index contributed by atoms with van der Waals surface area (Å²) in [7, 11) is 2.22. The number of likely N-dealkylation sites (N-methyl/N-ethyl adjacent to an activating group) is 1. The minimum atomic E-state index is 0.769. The molecule has 1 N–H and O–H groups in total. The maximum atomic E-state index is 3.89. The van der Waals surface area contributed by atoms with Crippen LogP contribution in [0.5, 0.6) is 0 Å². The molecule has 0 radical (unpaired) electrons. The molecule has 0 aromatic heterocycles. The van der Waals surface area contributed by atoms with Gasteiger partial charge < -0.3 is 10.2 Å². The van der Waals surface area contributed by atoms with E-state index in [0.29, 0.717) is 0 Å². The van der Waals surface area contributed by atoms with Crippen molar-refractivity contribution in [1.29, 1.82) is 0 Å². The SMILES string of the molecule is C=C(C)CCNCC1CCCN1C. The van der Waals surface area contributed by atoms with Crippen molar-refractivity contribution >= 4 is 0 Å². The lowest BCUT2D eigenvalue weighted by molar-refractivity contribution is 0.301. The van der Waals surface area contributed by atoms with Crippen LogP contribution in [0.15, 0.2) is 12.2 Å². The fraction of sp³-hybridized carbons (Fsp3) is 0.818. The Bertz CT molecular complexity index is 165. The predicted octanol–water partition coefficient (Wildman–Crippen LogP) is 1.64. The number of likely N-dealkylation sites (tertiary alicyclic amines) is 1. The maximum absolute atomic E-state index is 3.89. The molecule has 76 valence electrons. The Balaban J connectivity index is 2.02. The van der Waals surface area contributed by atoms with Gasteiger partial charge in [-0.15, -0.1) is 6.58 Å². The van der Waals surface area contributed by atoms with E-state index in [1.165, 1.54) is 25.0 Å².